The first-order chi connectivity index (χ1) is 8.66. The Balaban J connectivity index is 2.08. The summed E-state index contributed by atoms with van der Waals surface area (Å²) in [5.74, 6) is 0.0837. The number of non-ortho nitro benzene ring substituents is 1. The topological polar surface area (TPSA) is 43.1 Å². The Morgan fingerprint density at radius 2 is 1.89 bits per heavy atom. The van der Waals surface area contributed by atoms with E-state index in [1.165, 1.54) is 23.9 Å². The maximum atomic E-state index is 13.6. The van der Waals surface area contributed by atoms with E-state index in [2.05, 4.69) is 0 Å². The molecule has 0 aromatic heterocycles. The molecule has 0 N–H and O–H groups in total. The van der Waals surface area contributed by atoms with Gasteiger partial charge in [0.15, 0.2) is 0 Å². The fourth-order valence-corrected chi connectivity index (χ4v) is 2.33. The highest BCUT2D eigenvalue weighted by Gasteiger charge is 2.10. The van der Waals surface area contributed by atoms with Gasteiger partial charge >= 0.3 is 0 Å². The van der Waals surface area contributed by atoms with Gasteiger partial charge in [-0.2, -0.15) is 0 Å². The Hall–Kier alpha value is -1.88. The van der Waals surface area contributed by atoms with E-state index in [9.17, 15) is 14.5 Å². The summed E-state index contributed by atoms with van der Waals surface area (Å²) in [6.07, 6.45) is 0. The summed E-state index contributed by atoms with van der Waals surface area (Å²) in [7, 11) is 0. The third-order valence-corrected chi connectivity index (χ3v) is 3.48. The normalized spacial score (nSPS) is 10.3. The third-order valence-electron chi connectivity index (χ3n) is 2.36. The lowest BCUT2D eigenvalue weighted by atomic mass is 10.2. The summed E-state index contributed by atoms with van der Waals surface area (Å²) in [5.41, 5.74) is 0.858. The van der Waals surface area contributed by atoms with E-state index in [1.807, 2.05) is 30.3 Å². The number of rotatable bonds is 4. The first kappa shape index (κ1) is 12.6. The molecule has 0 aliphatic rings. The summed E-state index contributed by atoms with van der Waals surface area (Å²) in [4.78, 5) is 10.3. The summed E-state index contributed by atoms with van der Waals surface area (Å²) in [6.45, 7) is 0. The molecular formula is C13H10FNO2S. The smallest absolute Gasteiger partial charge is 0.258 e. The van der Waals surface area contributed by atoms with E-state index in [0.717, 1.165) is 11.6 Å². The van der Waals surface area contributed by atoms with E-state index in [-0.39, 0.29) is 5.69 Å². The summed E-state index contributed by atoms with van der Waals surface area (Å²) in [6, 6.07) is 13.4. The highest BCUT2D eigenvalue weighted by Crippen LogP contribution is 2.27. The molecule has 2 aromatic rings. The Bertz CT molecular complexity index is 560. The van der Waals surface area contributed by atoms with E-state index >= 15 is 0 Å². The first-order valence-electron chi connectivity index (χ1n) is 5.27. The lowest BCUT2D eigenvalue weighted by molar-refractivity contribution is -0.385. The number of halogens is 1. The number of hydrogen-bond acceptors (Lipinski definition) is 3. The number of thioether (sulfide) groups is 1. The minimum atomic E-state index is -0.602. The number of benzene rings is 2. The summed E-state index contributed by atoms with van der Waals surface area (Å²) < 4.78 is 13.6. The molecule has 0 unspecified atom stereocenters. The maximum absolute atomic E-state index is 13.6. The van der Waals surface area contributed by atoms with E-state index < -0.39 is 10.7 Å². The van der Waals surface area contributed by atoms with Gasteiger partial charge in [-0.1, -0.05) is 30.3 Å². The highest BCUT2D eigenvalue weighted by molar-refractivity contribution is 7.98. The summed E-state index contributed by atoms with van der Waals surface area (Å²) in [5, 5.41) is 10.5. The maximum Gasteiger partial charge on any atom is 0.272 e. The van der Waals surface area contributed by atoms with Crippen LogP contribution in [0.15, 0.2) is 53.4 Å². The first-order valence-corrected chi connectivity index (χ1v) is 6.26. The van der Waals surface area contributed by atoms with Gasteiger partial charge in [0.1, 0.15) is 5.82 Å². The van der Waals surface area contributed by atoms with Gasteiger partial charge in [0.25, 0.3) is 5.69 Å². The minimum Gasteiger partial charge on any atom is -0.258 e. The molecule has 2 rings (SSSR count). The zero-order chi connectivity index (χ0) is 13.0. The van der Waals surface area contributed by atoms with Crippen LogP contribution in [0.3, 0.4) is 0 Å². The van der Waals surface area contributed by atoms with Gasteiger partial charge in [-0.15, -0.1) is 11.8 Å². The zero-order valence-corrected chi connectivity index (χ0v) is 10.2. The van der Waals surface area contributed by atoms with Crippen molar-refractivity contribution in [1.29, 1.82) is 0 Å². The van der Waals surface area contributed by atoms with Gasteiger partial charge in [-0.05, 0) is 11.6 Å². The molecule has 5 heteroatoms. The molecule has 0 heterocycles. The molecule has 0 bridgehead atoms. The molecule has 2 aromatic carbocycles. The van der Waals surface area contributed by atoms with Gasteiger partial charge < -0.3 is 0 Å². The van der Waals surface area contributed by atoms with Crippen molar-refractivity contribution in [2.45, 2.75) is 10.6 Å². The van der Waals surface area contributed by atoms with Crippen molar-refractivity contribution >= 4 is 17.4 Å². The Morgan fingerprint density at radius 3 is 2.50 bits per heavy atom. The van der Waals surface area contributed by atoms with Crippen LogP contribution in [0.1, 0.15) is 5.56 Å². The molecule has 0 aliphatic carbocycles. The lowest BCUT2D eigenvalue weighted by Crippen LogP contribution is -1.90. The lowest BCUT2D eigenvalue weighted by Gasteiger charge is -2.03. The predicted octanol–water partition coefficient (Wildman–Crippen LogP) is 4.03. The second-order valence-electron chi connectivity index (χ2n) is 3.65. The number of nitrogens with zero attached hydrogens (tertiary/aromatic N) is 1. The molecule has 0 spiro atoms. The van der Waals surface area contributed by atoms with E-state index in [4.69, 9.17) is 0 Å². The van der Waals surface area contributed by atoms with Crippen molar-refractivity contribution in [2.24, 2.45) is 0 Å². The van der Waals surface area contributed by atoms with Crippen LogP contribution in [0.4, 0.5) is 10.1 Å². The molecule has 0 aliphatic heterocycles. The second-order valence-corrected chi connectivity index (χ2v) is 4.66. The van der Waals surface area contributed by atoms with E-state index in [0.29, 0.717) is 10.6 Å². The third kappa shape index (κ3) is 3.07. The molecule has 3 nitrogen and oxygen atoms in total. The SMILES string of the molecule is O=[N+]([O-])c1ccc(SCc2ccccc2)c(F)c1. The minimum absolute atomic E-state index is 0.225. The van der Waals surface area contributed by atoms with Gasteiger partial charge in [-0.25, -0.2) is 4.39 Å². The molecule has 0 amide bonds. The average molecular weight is 263 g/mol. The molecule has 0 fully saturated rings. The van der Waals surface area contributed by atoms with Gasteiger partial charge in [0, 0.05) is 16.7 Å². The second kappa shape index (κ2) is 5.64. The van der Waals surface area contributed by atoms with Crippen LogP contribution in [0.5, 0.6) is 0 Å². The predicted molar refractivity (Wildman–Crippen MR) is 69.1 cm³/mol. The molecular weight excluding hydrogens is 253 g/mol. The highest BCUT2D eigenvalue weighted by atomic mass is 32.2. The molecule has 18 heavy (non-hydrogen) atoms. The number of hydrogen-bond donors (Lipinski definition) is 0. The molecule has 0 saturated heterocycles. The fraction of sp³-hybridized carbons (Fsp3) is 0.0769. The van der Waals surface area contributed by atoms with Crippen LogP contribution in [0.2, 0.25) is 0 Å². The van der Waals surface area contributed by atoms with Crippen LogP contribution >= 0.6 is 11.8 Å². The van der Waals surface area contributed by atoms with Crippen molar-refractivity contribution in [3.8, 4) is 0 Å². The number of nitro benzene ring substituents is 1. The molecule has 0 saturated carbocycles. The standard InChI is InChI=1S/C13H10FNO2S/c14-12-8-11(15(16)17)6-7-13(12)18-9-10-4-2-1-3-5-10/h1-8H,9H2. The average Bonchev–Trinajstić information content (AvgIpc) is 2.38. The summed E-state index contributed by atoms with van der Waals surface area (Å²) >= 11 is 1.32. The van der Waals surface area contributed by atoms with Crippen molar-refractivity contribution in [3.63, 3.8) is 0 Å². The van der Waals surface area contributed by atoms with Crippen LogP contribution in [-0.2, 0) is 5.75 Å². The Kier molecular flexibility index (Phi) is 3.94. The van der Waals surface area contributed by atoms with Crippen LogP contribution < -0.4 is 0 Å². The van der Waals surface area contributed by atoms with Crippen molar-refractivity contribution in [2.75, 3.05) is 0 Å². The molecule has 92 valence electrons. The quantitative estimate of drug-likeness (QED) is 0.475. The largest absolute Gasteiger partial charge is 0.272 e. The van der Waals surface area contributed by atoms with Crippen LogP contribution in [0, 0.1) is 15.9 Å². The van der Waals surface area contributed by atoms with Gasteiger partial charge in [0.2, 0.25) is 0 Å². The van der Waals surface area contributed by atoms with Crippen molar-refractivity contribution < 1.29 is 9.31 Å². The molecule has 0 radical (unpaired) electrons. The monoisotopic (exact) mass is 263 g/mol. The van der Waals surface area contributed by atoms with Crippen molar-refractivity contribution in [3.05, 3.63) is 70.0 Å². The Morgan fingerprint density at radius 1 is 1.17 bits per heavy atom. The van der Waals surface area contributed by atoms with Gasteiger partial charge in [-0.3, -0.25) is 10.1 Å². The molecule has 0 atom stereocenters. The van der Waals surface area contributed by atoms with Crippen LogP contribution in [-0.4, -0.2) is 4.92 Å². The van der Waals surface area contributed by atoms with Crippen molar-refractivity contribution in [1.82, 2.24) is 0 Å². The van der Waals surface area contributed by atoms with E-state index in [1.54, 1.807) is 0 Å². The zero-order valence-electron chi connectivity index (χ0n) is 9.38. The Labute approximate surface area is 108 Å². The van der Waals surface area contributed by atoms with Gasteiger partial charge in [0.05, 0.1) is 11.0 Å². The van der Waals surface area contributed by atoms with Crippen LogP contribution in [0.25, 0.3) is 0 Å². The number of nitro groups is 1. The fourth-order valence-electron chi connectivity index (χ4n) is 1.46.